The van der Waals surface area contributed by atoms with E-state index in [1.807, 2.05) is 0 Å². The average molecular weight is 435 g/mol. The molecule has 8 heteroatoms. The third-order valence-corrected chi connectivity index (χ3v) is 5.29. The first-order valence-electron chi connectivity index (χ1n) is 8.59. The molecule has 0 aliphatic carbocycles. The second-order valence-corrected chi connectivity index (χ2v) is 7.18. The van der Waals surface area contributed by atoms with Crippen molar-refractivity contribution in [3.05, 3.63) is 75.8 Å². The number of carbonyl (C=O) groups is 1. The van der Waals surface area contributed by atoms with Crippen LogP contribution in [0.4, 0.5) is 25.0 Å². The lowest BCUT2D eigenvalue weighted by molar-refractivity contribution is 0.247. The van der Waals surface area contributed by atoms with Crippen LogP contribution < -0.4 is 15.0 Å². The van der Waals surface area contributed by atoms with Crippen molar-refractivity contribution in [1.82, 2.24) is 5.32 Å². The van der Waals surface area contributed by atoms with E-state index in [0.29, 0.717) is 28.3 Å². The molecule has 3 aromatic carbocycles. The zero-order valence-electron chi connectivity index (χ0n) is 15.1. The Balaban J connectivity index is 2.00. The summed E-state index contributed by atoms with van der Waals surface area (Å²) in [6.07, 6.45) is 0. The molecule has 1 aliphatic heterocycles. The van der Waals surface area contributed by atoms with Crippen molar-refractivity contribution < 1.29 is 18.3 Å². The minimum atomic E-state index is -0.723. The maximum atomic E-state index is 14.5. The Labute approximate surface area is 175 Å². The predicted octanol–water partition coefficient (Wildman–Crippen LogP) is 6.31. The summed E-state index contributed by atoms with van der Waals surface area (Å²) in [6, 6.07) is 11.1. The number of anilines is 2. The summed E-state index contributed by atoms with van der Waals surface area (Å²) in [4.78, 5) is 14.1. The maximum absolute atomic E-state index is 14.5. The standard InChI is InChI=1S/C21H14Cl2F2N2O2/c1-29-12-8-14(13-6-5-11(24)7-18(13)25)15-10-26-21(28)27(19(15)9-12)20-16(22)3-2-4-17(20)23/h2-9H,10H2,1H3,(H,26,28). The number of urea groups is 1. The third-order valence-electron chi connectivity index (χ3n) is 4.68. The molecule has 0 saturated carbocycles. The summed E-state index contributed by atoms with van der Waals surface area (Å²) in [5.41, 5.74) is 2.01. The van der Waals surface area contributed by atoms with Crippen LogP contribution in [0.2, 0.25) is 10.0 Å². The number of ether oxygens (including phenoxy) is 1. The van der Waals surface area contributed by atoms with Crippen LogP contribution in [0.1, 0.15) is 5.56 Å². The molecule has 0 spiro atoms. The van der Waals surface area contributed by atoms with Gasteiger partial charge in [-0.15, -0.1) is 0 Å². The smallest absolute Gasteiger partial charge is 0.326 e. The van der Waals surface area contributed by atoms with Gasteiger partial charge in [0.25, 0.3) is 0 Å². The van der Waals surface area contributed by atoms with Gasteiger partial charge in [-0.2, -0.15) is 0 Å². The highest BCUT2D eigenvalue weighted by Crippen LogP contribution is 2.45. The largest absolute Gasteiger partial charge is 0.497 e. The fraction of sp³-hybridized carbons (Fsp3) is 0.0952. The van der Waals surface area contributed by atoms with Crippen LogP contribution in [-0.4, -0.2) is 13.1 Å². The molecule has 2 amide bonds. The molecule has 0 fully saturated rings. The number of hydrogen-bond acceptors (Lipinski definition) is 2. The van der Waals surface area contributed by atoms with Gasteiger partial charge in [-0.3, -0.25) is 4.90 Å². The van der Waals surface area contributed by atoms with Gasteiger partial charge in [-0.1, -0.05) is 29.3 Å². The molecule has 1 aliphatic rings. The normalized spacial score (nSPS) is 13.1. The Hall–Kier alpha value is -2.83. The topological polar surface area (TPSA) is 41.6 Å². The van der Waals surface area contributed by atoms with Crippen molar-refractivity contribution in [2.24, 2.45) is 0 Å². The number of rotatable bonds is 3. The van der Waals surface area contributed by atoms with Gasteiger partial charge in [0.15, 0.2) is 0 Å². The summed E-state index contributed by atoms with van der Waals surface area (Å²) in [5.74, 6) is -1.01. The van der Waals surface area contributed by atoms with Crippen molar-refractivity contribution >= 4 is 40.6 Å². The molecule has 0 atom stereocenters. The van der Waals surface area contributed by atoms with E-state index in [4.69, 9.17) is 27.9 Å². The van der Waals surface area contributed by atoms with Gasteiger partial charge in [0, 0.05) is 29.8 Å². The first kappa shape index (κ1) is 19.5. The molecular formula is C21H14Cl2F2N2O2. The zero-order chi connectivity index (χ0) is 20.7. The van der Waals surface area contributed by atoms with E-state index in [-0.39, 0.29) is 22.2 Å². The van der Waals surface area contributed by atoms with Gasteiger partial charge in [-0.25, -0.2) is 13.6 Å². The summed E-state index contributed by atoms with van der Waals surface area (Å²) in [5, 5.41) is 3.30. The lowest BCUT2D eigenvalue weighted by Gasteiger charge is -2.33. The number of para-hydroxylation sites is 1. The van der Waals surface area contributed by atoms with Crippen LogP contribution >= 0.6 is 23.2 Å². The summed E-state index contributed by atoms with van der Waals surface area (Å²) >= 11 is 12.7. The van der Waals surface area contributed by atoms with E-state index >= 15 is 0 Å². The van der Waals surface area contributed by atoms with E-state index in [2.05, 4.69) is 5.32 Å². The third kappa shape index (κ3) is 3.39. The number of nitrogens with one attached hydrogen (secondary N) is 1. The Bertz CT molecular complexity index is 1120. The molecule has 1 heterocycles. The molecule has 0 aromatic heterocycles. The van der Waals surface area contributed by atoms with Gasteiger partial charge in [0.2, 0.25) is 0 Å². The van der Waals surface area contributed by atoms with Crippen molar-refractivity contribution in [1.29, 1.82) is 0 Å². The minimum absolute atomic E-state index is 0.142. The molecular weight excluding hydrogens is 421 g/mol. The lowest BCUT2D eigenvalue weighted by Crippen LogP contribution is -2.41. The fourth-order valence-electron chi connectivity index (χ4n) is 3.36. The average Bonchev–Trinajstić information content (AvgIpc) is 2.68. The van der Waals surface area contributed by atoms with E-state index < -0.39 is 17.7 Å². The lowest BCUT2D eigenvalue weighted by atomic mass is 9.95. The number of hydrogen-bond donors (Lipinski definition) is 1. The Morgan fingerprint density at radius 3 is 2.41 bits per heavy atom. The van der Waals surface area contributed by atoms with Crippen molar-refractivity contribution in [2.75, 3.05) is 12.0 Å². The maximum Gasteiger partial charge on any atom is 0.326 e. The highest BCUT2D eigenvalue weighted by atomic mass is 35.5. The van der Waals surface area contributed by atoms with E-state index in [1.165, 1.54) is 24.1 Å². The highest BCUT2D eigenvalue weighted by Gasteiger charge is 2.31. The molecule has 0 unspecified atom stereocenters. The molecule has 0 radical (unpaired) electrons. The second kappa shape index (κ2) is 7.54. The van der Waals surface area contributed by atoms with Gasteiger partial charge in [0.1, 0.15) is 17.4 Å². The summed E-state index contributed by atoms with van der Waals surface area (Å²) in [6.45, 7) is 0.142. The monoisotopic (exact) mass is 434 g/mol. The highest BCUT2D eigenvalue weighted by molar-refractivity contribution is 6.40. The summed E-state index contributed by atoms with van der Waals surface area (Å²) in [7, 11) is 1.46. The van der Waals surface area contributed by atoms with Crippen molar-refractivity contribution in [3.63, 3.8) is 0 Å². The molecule has 4 rings (SSSR count). The number of amides is 2. The number of nitrogens with zero attached hydrogens (tertiary/aromatic N) is 1. The van der Waals surface area contributed by atoms with Crippen LogP contribution in [0.15, 0.2) is 48.5 Å². The molecule has 0 bridgehead atoms. The molecule has 1 N–H and O–H groups in total. The quantitative estimate of drug-likeness (QED) is 0.524. The molecule has 29 heavy (non-hydrogen) atoms. The zero-order valence-corrected chi connectivity index (χ0v) is 16.6. The number of methoxy groups -OCH3 is 1. The van der Waals surface area contributed by atoms with Crippen molar-refractivity contribution in [2.45, 2.75) is 6.54 Å². The van der Waals surface area contributed by atoms with Crippen LogP contribution in [-0.2, 0) is 6.54 Å². The molecule has 0 saturated heterocycles. The van der Waals surface area contributed by atoms with Crippen LogP contribution in [0.5, 0.6) is 5.75 Å². The van der Waals surface area contributed by atoms with Crippen molar-refractivity contribution in [3.8, 4) is 16.9 Å². The number of benzene rings is 3. The van der Waals surface area contributed by atoms with Gasteiger partial charge in [-0.05, 0) is 35.9 Å². The minimum Gasteiger partial charge on any atom is -0.497 e. The van der Waals surface area contributed by atoms with E-state index in [1.54, 1.807) is 30.3 Å². The van der Waals surface area contributed by atoms with Crippen LogP contribution in [0, 0.1) is 11.6 Å². The predicted molar refractivity (Wildman–Crippen MR) is 109 cm³/mol. The first-order valence-corrected chi connectivity index (χ1v) is 9.34. The Kier molecular flexibility index (Phi) is 5.06. The van der Waals surface area contributed by atoms with Crippen LogP contribution in [0.25, 0.3) is 11.1 Å². The number of fused-ring (bicyclic) bond motifs is 1. The second-order valence-electron chi connectivity index (χ2n) is 6.36. The van der Waals surface area contributed by atoms with E-state index in [9.17, 15) is 13.6 Å². The molecule has 3 aromatic rings. The van der Waals surface area contributed by atoms with E-state index in [0.717, 1.165) is 6.07 Å². The van der Waals surface area contributed by atoms with Gasteiger partial charge < -0.3 is 10.1 Å². The number of carbonyl (C=O) groups excluding carboxylic acids is 1. The Morgan fingerprint density at radius 2 is 1.76 bits per heavy atom. The Morgan fingerprint density at radius 1 is 1.03 bits per heavy atom. The van der Waals surface area contributed by atoms with Gasteiger partial charge in [0.05, 0.1) is 28.5 Å². The van der Waals surface area contributed by atoms with Crippen LogP contribution in [0.3, 0.4) is 0 Å². The molecule has 4 nitrogen and oxygen atoms in total. The number of halogens is 4. The summed E-state index contributed by atoms with van der Waals surface area (Å²) < 4.78 is 33.3. The first-order chi connectivity index (χ1) is 13.9. The fourth-order valence-corrected chi connectivity index (χ4v) is 3.93. The SMILES string of the molecule is COc1cc(-c2ccc(F)cc2F)c2c(c1)N(c1c(Cl)cccc1Cl)C(=O)NC2. The molecule has 148 valence electrons. The van der Waals surface area contributed by atoms with Gasteiger partial charge >= 0.3 is 6.03 Å².